The first kappa shape index (κ1) is 21.9. The van der Waals surface area contributed by atoms with Crippen LogP contribution in [0, 0.1) is 5.92 Å². The number of unbranched alkanes of at least 4 members (excludes halogenated alkanes) is 1. The zero-order valence-corrected chi connectivity index (χ0v) is 17.7. The summed E-state index contributed by atoms with van der Waals surface area (Å²) in [6.45, 7) is 8.25. The molecule has 6 nitrogen and oxygen atoms in total. The molecule has 0 unspecified atom stereocenters. The summed E-state index contributed by atoms with van der Waals surface area (Å²) in [7, 11) is -3.42. The van der Waals surface area contributed by atoms with Gasteiger partial charge in [0.15, 0.2) is 0 Å². The molecule has 1 aromatic carbocycles. The van der Waals surface area contributed by atoms with Crippen LogP contribution in [0.4, 0.5) is 5.69 Å². The number of carbonyl (C=O) groups excluding carboxylic acids is 1. The van der Waals surface area contributed by atoms with E-state index in [0.29, 0.717) is 25.9 Å². The number of rotatable bonds is 7. The largest absolute Gasteiger partial charge is 0.326 e. The Balaban J connectivity index is 1.83. The van der Waals surface area contributed by atoms with E-state index in [1.165, 1.54) is 18.4 Å². The van der Waals surface area contributed by atoms with Crippen LogP contribution in [0.3, 0.4) is 0 Å². The topological polar surface area (TPSA) is 78.5 Å². The fourth-order valence-corrected chi connectivity index (χ4v) is 3.72. The highest BCUT2D eigenvalue weighted by atomic mass is 32.2. The Kier molecular flexibility index (Phi) is 7.42. The van der Waals surface area contributed by atoms with E-state index in [2.05, 4.69) is 29.2 Å². The average Bonchev–Trinajstić information content (AvgIpc) is 2.60. The monoisotopic (exact) mass is 395 g/mol. The number of hydrogen-bond acceptors (Lipinski definition) is 4. The van der Waals surface area contributed by atoms with Gasteiger partial charge in [-0.25, -0.2) is 13.4 Å². The SMILES string of the molecule is CCCCc1ccc(NC(=O)C2CCN(NS(=O)(=O)C(C)(C)C)CC2)cc1. The fourth-order valence-electron chi connectivity index (χ4n) is 2.92. The number of nitrogens with zero attached hydrogens (tertiary/aromatic N) is 1. The van der Waals surface area contributed by atoms with Crippen LogP contribution in [0.25, 0.3) is 0 Å². The third kappa shape index (κ3) is 6.30. The molecule has 1 aliphatic rings. The zero-order chi connectivity index (χ0) is 20.1. The summed E-state index contributed by atoms with van der Waals surface area (Å²) in [6.07, 6.45) is 4.67. The molecule has 1 aromatic rings. The first-order valence-electron chi connectivity index (χ1n) is 9.79. The van der Waals surface area contributed by atoms with Crippen molar-refractivity contribution in [1.82, 2.24) is 9.84 Å². The van der Waals surface area contributed by atoms with Gasteiger partial charge in [0.2, 0.25) is 15.9 Å². The van der Waals surface area contributed by atoms with Crippen molar-refractivity contribution >= 4 is 21.6 Å². The van der Waals surface area contributed by atoms with Crippen LogP contribution in [0.2, 0.25) is 0 Å². The van der Waals surface area contributed by atoms with Gasteiger partial charge in [0, 0.05) is 24.7 Å². The molecule has 0 aromatic heterocycles. The summed E-state index contributed by atoms with van der Waals surface area (Å²) in [5.74, 6) is -0.0882. The summed E-state index contributed by atoms with van der Waals surface area (Å²) in [6, 6.07) is 8.04. The maximum atomic E-state index is 12.5. The standard InChI is InChI=1S/C20H33N3O3S/c1-5-6-7-16-8-10-18(11-9-16)21-19(24)17-12-14-23(15-13-17)22-27(25,26)20(2,3)4/h8-11,17,22H,5-7,12-15H2,1-4H3,(H,21,24). The van der Waals surface area contributed by atoms with E-state index in [4.69, 9.17) is 0 Å². The molecule has 1 amide bonds. The number of carbonyl (C=O) groups is 1. The van der Waals surface area contributed by atoms with Crippen LogP contribution in [0.1, 0.15) is 58.9 Å². The number of aryl methyl sites for hydroxylation is 1. The van der Waals surface area contributed by atoms with E-state index in [1.54, 1.807) is 25.8 Å². The molecule has 0 aliphatic carbocycles. The van der Waals surface area contributed by atoms with E-state index in [1.807, 2.05) is 12.1 Å². The molecule has 7 heteroatoms. The van der Waals surface area contributed by atoms with E-state index < -0.39 is 14.8 Å². The normalized spacial score (nSPS) is 17.0. The van der Waals surface area contributed by atoms with Gasteiger partial charge >= 0.3 is 0 Å². The van der Waals surface area contributed by atoms with Crippen molar-refractivity contribution in [3.63, 3.8) is 0 Å². The highest BCUT2D eigenvalue weighted by Gasteiger charge is 2.33. The highest BCUT2D eigenvalue weighted by molar-refractivity contribution is 7.90. The number of nitrogens with one attached hydrogen (secondary N) is 2. The van der Waals surface area contributed by atoms with Crippen LogP contribution in [-0.4, -0.2) is 37.2 Å². The highest BCUT2D eigenvalue weighted by Crippen LogP contribution is 2.21. The summed E-state index contributed by atoms with van der Waals surface area (Å²) in [5.41, 5.74) is 2.10. The number of hydrogen-bond donors (Lipinski definition) is 2. The van der Waals surface area contributed by atoms with Crippen molar-refractivity contribution < 1.29 is 13.2 Å². The Morgan fingerprint density at radius 3 is 2.26 bits per heavy atom. The van der Waals surface area contributed by atoms with Gasteiger partial charge < -0.3 is 5.32 Å². The lowest BCUT2D eigenvalue weighted by Crippen LogP contribution is -2.52. The molecule has 2 N–H and O–H groups in total. The van der Waals surface area contributed by atoms with Gasteiger partial charge in [-0.3, -0.25) is 4.79 Å². The van der Waals surface area contributed by atoms with Gasteiger partial charge in [-0.2, -0.15) is 0 Å². The van der Waals surface area contributed by atoms with Gasteiger partial charge in [-0.15, -0.1) is 4.83 Å². The van der Waals surface area contributed by atoms with Crippen molar-refractivity contribution in [2.24, 2.45) is 5.92 Å². The second kappa shape index (κ2) is 9.17. The maximum absolute atomic E-state index is 12.5. The van der Waals surface area contributed by atoms with Gasteiger partial charge in [0.25, 0.3) is 0 Å². The van der Waals surface area contributed by atoms with E-state index in [0.717, 1.165) is 12.1 Å². The summed E-state index contributed by atoms with van der Waals surface area (Å²) in [5, 5.41) is 4.69. The van der Waals surface area contributed by atoms with Crippen molar-refractivity contribution in [2.45, 2.75) is 64.5 Å². The van der Waals surface area contributed by atoms with Gasteiger partial charge in [-0.05, 0) is 64.2 Å². The molecular weight excluding hydrogens is 362 g/mol. The van der Waals surface area contributed by atoms with E-state index in [9.17, 15) is 13.2 Å². The van der Waals surface area contributed by atoms with Crippen LogP contribution in [-0.2, 0) is 21.2 Å². The Labute approximate surface area is 163 Å². The molecule has 1 heterocycles. The van der Waals surface area contributed by atoms with Gasteiger partial charge in [0.1, 0.15) is 0 Å². The molecule has 27 heavy (non-hydrogen) atoms. The van der Waals surface area contributed by atoms with Crippen molar-refractivity contribution in [2.75, 3.05) is 18.4 Å². The van der Waals surface area contributed by atoms with Crippen LogP contribution >= 0.6 is 0 Å². The molecule has 152 valence electrons. The first-order chi connectivity index (χ1) is 12.6. The first-order valence-corrected chi connectivity index (χ1v) is 11.3. The lowest BCUT2D eigenvalue weighted by molar-refractivity contribution is -0.121. The molecular formula is C20H33N3O3S. The summed E-state index contributed by atoms with van der Waals surface area (Å²) in [4.78, 5) is 15.1. The fraction of sp³-hybridized carbons (Fsp3) is 0.650. The smallest absolute Gasteiger partial charge is 0.229 e. The summed E-state index contributed by atoms with van der Waals surface area (Å²) < 4.78 is 23.6. The number of piperidine rings is 1. The summed E-state index contributed by atoms with van der Waals surface area (Å²) >= 11 is 0. The van der Waals surface area contributed by atoms with Gasteiger partial charge in [0.05, 0.1) is 4.75 Å². The minimum atomic E-state index is -3.42. The number of anilines is 1. The predicted octanol–water partition coefficient (Wildman–Crippen LogP) is 3.31. The third-order valence-corrected chi connectivity index (χ3v) is 7.07. The van der Waals surface area contributed by atoms with Crippen molar-refractivity contribution in [3.05, 3.63) is 29.8 Å². The van der Waals surface area contributed by atoms with E-state index in [-0.39, 0.29) is 11.8 Å². The number of amides is 1. The van der Waals surface area contributed by atoms with Crippen molar-refractivity contribution in [1.29, 1.82) is 0 Å². The average molecular weight is 396 g/mol. The molecule has 1 saturated heterocycles. The molecule has 0 bridgehead atoms. The molecule has 0 radical (unpaired) electrons. The van der Waals surface area contributed by atoms with Crippen LogP contribution in [0.15, 0.2) is 24.3 Å². The molecule has 0 atom stereocenters. The number of benzene rings is 1. The quantitative estimate of drug-likeness (QED) is 0.742. The molecule has 2 rings (SSSR count). The molecule has 0 spiro atoms. The Bertz CT molecular complexity index is 716. The number of sulfonamides is 1. The molecule has 1 aliphatic heterocycles. The lowest BCUT2D eigenvalue weighted by atomic mass is 9.96. The maximum Gasteiger partial charge on any atom is 0.229 e. The second-order valence-corrected chi connectivity index (χ2v) is 10.7. The van der Waals surface area contributed by atoms with E-state index >= 15 is 0 Å². The minimum Gasteiger partial charge on any atom is -0.326 e. The Morgan fingerprint density at radius 1 is 1.15 bits per heavy atom. The van der Waals surface area contributed by atoms with Crippen LogP contribution in [0.5, 0.6) is 0 Å². The number of hydrazine groups is 1. The Morgan fingerprint density at radius 2 is 1.74 bits per heavy atom. The predicted molar refractivity (Wildman–Crippen MR) is 110 cm³/mol. The second-order valence-electron chi connectivity index (χ2n) is 8.26. The lowest BCUT2D eigenvalue weighted by Gasteiger charge is -2.33. The zero-order valence-electron chi connectivity index (χ0n) is 16.9. The van der Waals surface area contributed by atoms with Crippen LogP contribution < -0.4 is 10.1 Å². The molecule has 0 saturated carbocycles. The van der Waals surface area contributed by atoms with Crippen molar-refractivity contribution in [3.8, 4) is 0 Å². The minimum absolute atomic E-state index is 0.00892. The third-order valence-electron chi connectivity index (χ3n) is 4.96. The molecule has 1 fully saturated rings. The Hall–Kier alpha value is -1.44. The van der Waals surface area contributed by atoms with Gasteiger partial charge in [-0.1, -0.05) is 25.5 Å².